The Kier molecular flexibility index (Phi) is 8.05. The Morgan fingerprint density at radius 2 is 1.67 bits per heavy atom. The first-order valence-electron chi connectivity index (χ1n) is 12.1. The van der Waals surface area contributed by atoms with Crippen LogP contribution in [-0.2, 0) is 17.2 Å². The summed E-state index contributed by atoms with van der Waals surface area (Å²) in [5.74, 6) is 0.905. The molecule has 3 aromatic rings. The molecule has 1 aliphatic heterocycles. The molecule has 1 atom stereocenters. The fourth-order valence-electron chi connectivity index (χ4n) is 4.19. The molecule has 0 fully saturated rings. The van der Waals surface area contributed by atoms with Crippen LogP contribution in [0.1, 0.15) is 47.1 Å². The van der Waals surface area contributed by atoms with Crippen molar-refractivity contribution in [3.63, 3.8) is 0 Å². The predicted molar refractivity (Wildman–Crippen MR) is 140 cm³/mol. The fourth-order valence-corrected chi connectivity index (χ4v) is 5.54. The van der Waals surface area contributed by atoms with Crippen molar-refractivity contribution >= 4 is 28.3 Å². The van der Waals surface area contributed by atoms with E-state index in [0.29, 0.717) is 70.8 Å². The molecule has 0 aromatic heterocycles. The van der Waals surface area contributed by atoms with Crippen LogP contribution in [0.2, 0.25) is 0 Å². The quantitative estimate of drug-likeness (QED) is 0.458. The van der Waals surface area contributed by atoms with Gasteiger partial charge in [0.2, 0.25) is 0 Å². The van der Waals surface area contributed by atoms with E-state index < -0.39 is 10.8 Å². The predicted octanol–water partition coefficient (Wildman–Crippen LogP) is 4.60. The molecule has 4 rings (SSSR count). The second-order valence-corrected chi connectivity index (χ2v) is 9.57. The Bertz CT molecular complexity index is 1310. The first-order chi connectivity index (χ1) is 17.5. The van der Waals surface area contributed by atoms with Gasteiger partial charge in [0.1, 0.15) is 0 Å². The number of nitrogens with one attached hydrogen (secondary N) is 1. The molecule has 0 aliphatic carbocycles. The Labute approximate surface area is 213 Å². The topological polar surface area (TPSA) is 84.9 Å². The lowest BCUT2D eigenvalue weighted by Gasteiger charge is -2.21. The van der Waals surface area contributed by atoms with Gasteiger partial charge in [0.05, 0.1) is 45.1 Å². The van der Waals surface area contributed by atoms with Crippen LogP contribution in [0.25, 0.3) is 0 Å². The van der Waals surface area contributed by atoms with Crippen LogP contribution >= 0.6 is 0 Å². The number of rotatable bonds is 9. The highest BCUT2D eigenvalue weighted by molar-refractivity contribution is 7.85. The van der Waals surface area contributed by atoms with E-state index >= 15 is 0 Å². The molecule has 36 heavy (non-hydrogen) atoms. The number of hydrogen-bond donors (Lipinski definition) is 1. The number of amides is 2. The second kappa shape index (κ2) is 11.4. The number of benzene rings is 3. The van der Waals surface area contributed by atoms with Gasteiger partial charge in [-0.05, 0) is 75.2 Å². The van der Waals surface area contributed by atoms with Crippen molar-refractivity contribution in [3.05, 3.63) is 77.4 Å². The van der Waals surface area contributed by atoms with Crippen LogP contribution in [0.3, 0.4) is 0 Å². The van der Waals surface area contributed by atoms with Crippen molar-refractivity contribution in [2.75, 3.05) is 31.2 Å². The van der Waals surface area contributed by atoms with E-state index in [9.17, 15) is 13.8 Å². The van der Waals surface area contributed by atoms with Crippen LogP contribution < -0.4 is 19.7 Å². The van der Waals surface area contributed by atoms with Crippen LogP contribution in [0.5, 0.6) is 11.5 Å². The standard InChI is InChI=1S/C28H30N2O5S/c1-4-30-22-18-20(12-14-26(22)36(33)25-10-8-7-9-21(25)28(30)32)27(31)29-16-15-19-11-13-23(34-5-2)24(17-19)35-6-3/h7-14,17-18H,4-6,15-16H2,1-3H3,(H,29,31)/t36-/m0/s1. The SMILES string of the molecule is CCOc1ccc(CCNC(=O)c2ccc3c(c2)N(CC)C(=O)c2ccccc2[S@@]3=O)cc1OCC. The zero-order chi connectivity index (χ0) is 25.7. The van der Waals surface area contributed by atoms with Crippen LogP contribution in [0.4, 0.5) is 5.69 Å². The van der Waals surface area contributed by atoms with Gasteiger partial charge >= 0.3 is 0 Å². The van der Waals surface area contributed by atoms with Gasteiger partial charge in [0.15, 0.2) is 11.5 Å². The van der Waals surface area contributed by atoms with Gasteiger partial charge in [0.25, 0.3) is 11.8 Å². The summed E-state index contributed by atoms with van der Waals surface area (Å²) in [4.78, 5) is 28.7. The molecule has 7 nitrogen and oxygen atoms in total. The third kappa shape index (κ3) is 5.14. The summed E-state index contributed by atoms with van der Waals surface area (Å²) in [6, 6.07) is 17.7. The molecule has 3 aromatic carbocycles. The maximum Gasteiger partial charge on any atom is 0.259 e. The number of nitrogens with zero attached hydrogens (tertiary/aromatic N) is 1. The number of ether oxygens (including phenoxy) is 2. The summed E-state index contributed by atoms with van der Waals surface area (Å²) in [6.07, 6.45) is 0.613. The van der Waals surface area contributed by atoms with Gasteiger partial charge in [-0.3, -0.25) is 9.59 Å². The molecule has 0 unspecified atom stereocenters. The van der Waals surface area contributed by atoms with E-state index in [4.69, 9.17) is 9.47 Å². The summed E-state index contributed by atoms with van der Waals surface area (Å²) in [5, 5.41) is 2.94. The Hall–Kier alpha value is -3.65. The number of fused-ring (bicyclic) bond motifs is 2. The minimum absolute atomic E-state index is 0.224. The molecule has 1 N–H and O–H groups in total. The zero-order valence-electron chi connectivity index (χ0n) is 20.7. The summed E-state index contributed by atoms with van der Waals surface area (Å²) in [5.41, 5.74) is 2.34. The molecule has 0 spiro atoms. The molecule has 1 heterocycles. The molecule has 188 valence electrons. The molecule has 1 aliphatic rings. The lowest BCUT2D eigenvalue weighted by Crippen LogP contribution is -2.31. The van der Waals surface area contributed by atoms with Crippen molar-refractivity contribution in [3.8, 4) is 11.5 Å². The monoisotopic (exact) mass is 506 g/mol. The van der Waals surface area contributed by atoms with Gasteiger partial charge in [-0.25, -0.2) is 4.21 Å². The van der Waals surface area contributed by atoms with Crippen molar-refractivity contribution in [2.24, 2.45) is 0 Å². The minimum atomic E-state index is -1.53. The van der Waals surface area contributed by atoms with Crippen LogP contribution in [0, 0.1) is 0 Å². The van der Waals surface area contributed by atoms with Crippen molar-refractivity contribution in [1.29, 1.82) is 0 Å². The highest BCUT2D eigenvalue weighted by Gasteiger charge is 2.30. The first kappa shape index (κ1) is 25.4. The molecule has 2 amide bonds. The lowest BCUT2D eigenvalue weighted by molar-refractivity contribution is 0.0950. The van der Waals surface area contributed by atoms with Gasteiger partial charge in [-0.1, -0.05) is 18.2 Å². The smallest absolute Gasteiger partial charge is 0.259 e. The van der Waals surface area contributed by atoms with Gasteiger partial charge < -0.3 is 19.7 Å². The van der Waals surface area contributed by atoms with E-state index in [-0.39, 0.29) is 11.8 Å². The van der Waals surface area contributed by atoms with Crippen molar-refractivity contribution in [2.45, 2.75) is 37.0 Å². The lowest BCUT2D eigenvalue weighted by atomic mass is 10.1. The van der Waals surface area contributed by atoms with E-state index in [1.54, 1.807) is 47.4 Å². The van der Waals surface area contributed by atoms with Gasteiger partial charge in [0, 0.05) is 18.7 Å². The maximum atomic E-state index is 13.3. The highest BCUT2D eigenvalue weighted by Crippen LogP contribution is 2.35. The Balaban J connectivity index is 1.50. The fraction of sp³-hybridized carbons (Fsp3) is 0.286. The molecular weight excluding hydrogens is 476 g/mol. The van der Waals surface area contributed by atoms with Crippen molar-refractivity contribution < 1.29 is 23.3 Å². The van der Waals surface area contributed by atoms with Crippen LogP contribution in [-0.4, -0.2) is 42.3 Å². The zero-order valence-corrected chi connectivity index (χ0v) is 21.5. The van der Waals surface area contributed by atoms with E-state index in [0.717, 1.165) is 5.56 Å². The third-order valence-electron chi connectivity index (χ3n) is 5.90. The minimum Gasteiger partial charge on any atom is -0.490 e. The highest BCUT2D eigenvalue weighted by atomic mass is 32.2. The van der Waals surface area contributed by atoms with E-state index in [1.165, 1.54) is 0 Å². The van der Waals surface area contributed by atoms with Crippen LogP contribution in [0.15, 0.2) is 70.5 Å². The Morgan fingerprint density at radius 1 is 0.917 bits per heavy atom. The average Bonchev–Trinajstić information content (AvgIpc) is 2.98. The largest absolute Gasteiger partial charge is 0.490 e. The molecule has 0 saturated heterocycles. The second-order valence-electron chi connectivity index (χ2n) is 8.15. The third-order valence-corrected chi connectivity index (χ3v) is 7.40. The first-order valence-corrected chi connectivity index (χ1v) is 13.3. The summed E-state index contributed by atoms with van der Waals surface area (Å²) in [7, 11) is -1.53. The van der Waals surface area contributed by atoms with Gasteiger partial charge in [-0.15, -0.1) is 0 Å². The molecular formula is C28H30N2O5S. The normalized spacial score (nSPS) is 14.5. The summed E-state index contributed by atoms with van der Waals surface area (Å²) in [6.45, 7) is 7.60. The molecule has 0 radical (unpaired) electrons. The molecule has 0 saturated carbocycles. The number of hydrogen-bond acceptors (Lipinski definition) is 5. The summed E-state index contributed by atoms with van der Waals surface area (Å²) < 4.78 is 24.6. The number of anilines is 1. The number of carbonyl (C=O) groups excluding carboxylic acids is 2. The van der Waals surface area contributed by atoms with E-state index in [2.05, 4.69) is 5.32 Å². The maximum absolute atomic E-state index is 13.3. The average molecular weight is 507 g/mol. The number of carbonyl (C=O) groups is 2. The van der Waals surface area contributed by atoms with Crippen molar-refractivity contribution in [1.82, 2.24) is 5.32 Å². The molecule has 8 heteroatoms. The summed E-state index contributed by atoms with van der Waals surface area (Å²) >= 11 is 0. The van der Waals surface area contributed by atoms with Gasteiger partial charge in [-0.2, -0.15) is 0 Å². The van der Waals surface area contributed by atoms with E-state index in [1.807, 2.05) is 39.0 Å². The molecule has 0 bridgehead atoms. The Morgan fingerprint density at radius 3 is 2.42 bits per heavy atom.